The van der Waals surface area contributed by atoms with E-state index in [-0.39, 0.29) is 17.9 Å². The molecular formula is C23H26N4O2. The normalized spacial score (nSPS) is 16.4. The maximum atomic E-state index is 12.6. The Morgan fingerprint density at radius 1 is 1.10 bits per heavy atom. The van der Waals surface area contributed by atoms with E-state index < -0.39 is 0 Å². The molecule has 1 N–H and O–H groups in total. The van der Waals surface area contributed by atoms with Gasteiger partial charge in [0.05, 0.1) is 12.6 Å². The summed E-state index contributed by atoms with van der Waals surface area (Å²) in [6, 6.07) is 19.9. The van der Waals surface area contributed by atoms with Gasteiger partial charge in [-0.25, -0.2) is 0 Å². The van der Waals surface area contributed by atoms with Gasteiger partial charge in [0.1, 0.15) is 0 Å². The highest BCUT2D eigenvalue weighted by atomic mass is 16.5. The van der Waals surface area contributed by atoms with E-state index in [1.165, 1.54) is 0 Å². The Bertz CT molecular complexity index is 918. The molecule has 29 heavy (non-hydrogen) atoms. The van der Waals surface area contributed by atoms with Gasteiger partial charge in [0.2, 0.25) is 17.6 Å². The number of benzene rings is 2. The summed E-state index contributed by atoms with van der Waals surface area (Å²) in [6.45, 7) is 4.35. The minimum absolute atomic E-state index is 0.0246. The second kappa shape index (κ2) is 9.01. The van der Waals surface area contributed by atoms with E-state index in [0.29, 0.717) is 18.3 Å². The Hall–Kier alpha value is -2.99. The van der Waals surface area contributed by atoms with E-state index in [0.717, 1.165) is 37.1 Å². The molecule has 1 aliphatic rings. The van der Waals surface area contributed by atoms with Crippen LogP contribution in [0.25, 0.3) is 11.4 Å². The van der Waals surface area contributed by atoms with Crippen molar-refractivity contribution in [3.63, 3.8) is 0 Å². The van der Waals surface area contributed by atoms with E-state index in [4.69, 9.17) is 4.52 Å². The second-order valence-corrected chi connectivity index (χ2v) is 7.57. The lowest BCUT2D eigenvalue weighted by molar-refractivity contribution is -0.127. The van der Waals surface area contributed by atoms with Crippen LogP contribution in [0.4, 0.5) is 0 Å². The smallest absolute Gasteiger partial charge is 0.241 e. The lowest BCUT2D eigenvalue weighted by Gasteiger charge is -2.30. The minimum atomic E-state index is 0.0246. The number of carbonyl (C=O) groups excluding carboxylic acids is 1. The van der Waals surface area contributed by atoms with Gasteiger partial charge in [0.25, 0.3) is 0 Å². The van der Waals surface area contributed by atoms with Crippen LogP contribution in [0.1, 0.15) is 37.3 Å². The molecule has 3 aromatic rings. The first-order valence-electron chi connectivity index (χ1n) is 10.1. The maximum Gasteiger partial charge on any atom is 0.241 e. The third-order valence-corrected chi connectivity index (χ3v) is 5.48. The van der Waals surface area contributed by atoms with Crippen molar-refractivity contribution in [3.05, 3.63) is 72.1 Å². The van der Waals surface area contributed by atoms with Gasteiger partial charge in [0.15, 0.2) is 0 Å². The number of hydrogen-bond acceptors (Lipinski definition) is 5. The molecule has 1 aliphatic heterocycles. The molecule has 6 nitrogen and oxygen atoms in total. The van der Waals surface area contributed by atoms with Gasteiger partial charge in [-0.2, -0.15) is 4.98 Å². The van der Waals surface area contributed by atoms with E-state index in [1.807, 2.05) is 67.6 Å². The topological polar surface area (TPSA) is 71.3 Å². The molecule has 0 aliphatic carbocycles. The number of nitrogens with zero attached hydrogens (tertiary/aromatic N) is 3. The van der Waals surface area contributed by atoms with Crippen molar-refractivity contribution in [2.75, 3.05) is 13.1 Å². The molecule has 2 aromatic carbocycles. The zero-order valence-corrected chi connectivity index (χ0v) is 16.6. The van der Waals surface area contributed by atoms with Crippen molar-refractivity contribution in [3.8, 4) is 11.4 Å². The van der Waals surface area contributed by atoms with Crippen LogP contribution in [0, 0.1) is 5.92 Å². The molecule has 150 valence electrons. The highest BCUT2D eigenvalue weighted by Crippen LogP contribution is 2.22. The van der Waals surface area contributed by atoms with Gasteiger partial charge >= 0.3 is 0 Å². The van der Waals surface area contributed by atoms with Crippen LogP contribution in [0.2, 0.25) is 0 Å². The summed E-state index contributed by atoms with van der Waals surface area (Å²) in [7, 11) is 0. The summed E-state index contributed by atoms with van der Waals surface area (Å²) in [4.78, 5) is 19.4. The van der Waals surface area contributed by atoms with Gasteiger partial charge < -0.3 is 9.84 Å². The number of likely N-dealkylation sites (tertiary alicyclic amines) is 1. The average Bonchev–Trinajstić information content (AvgIpc) is 3.24. The molecule has 4 rings (SSSR count). The number of hydrogen-bond donors (Lipinski definition) is 1. The summed E-state index contributed by atoms with van der Waals surface area (Å²) >= 11 is 0. The second-order valence-electron chi connectivity index (χ2n) is 7.57. The van der Waals surface area contributed by atoms with Gasteiger partial charge in [-0.3, -0.25) is 9.69 Å². The molecule has 6 heteroatoms. The monoisotopic (exact) mass is 390 g/mol. The van der Waals surface area contributed by atoms with E-state index in [9.17, 15) is 4.79 Å². The van der Waals surface area contributed by atoms with Crippen molar-refractivity contribution in [2.24, 2.45) is 5.92 Å². The van der Waals surface area contributed by atoms with Crippen LogP contribution in [0.3, 0.4) is 0 Å². The lowest BCUT2D eigenvalue weighted by Crippen LogP contribution is -2.40. The fourth-order valence-corrected chi connectivity index (χ4v) is 3.72. The maximum absolute atomic E-state index is 12.6. The average molecular weight is 390 g/mol. The van der Waals surface area contributed by atoms with Crippen LogP contribution in [-0.2, 0) is 11.3 Å². The van der Waals surface area contributed by atoms with Crippen molar-refractivity contribution in [1.82, 2.24) is 20.4 Å². The number of nitrogens with one attached hydrogen (secondary N) is 1. The molecule has 0 radical (unpaired) electrons. The van der Waals surface area contributed by atoms with Crippen molar-refractivity contribution < 1.29 is 9.32 Å². The fourth-order valence-electron chi connectivity index (χ4n) is 3.72. The first kappa shape index (κ1) is 19.3. The van der Waals surface area contributed by atoms with Crippen LogP contribution in [0.15, 0.2) is 65.2 Å². The number of amides is 1. The van der Waals surface area contributed by atoms with Crippen molar-refractivity contribution in [2.45, 2.75) is 32.4 Å². The zero-order valence-electron chi connectivity index (χ0n) is 16.6. The predicted molar refractivity (Wildman–Crippen MR) is 111 cm³/mol. The first-order chi connectivity index (χ1) is 14.2. The SMILES string of the molecule is C[C@H](NC(=O)C1CCN(Cc2nc(-c3ccccc3)no2)CC1)c1ccccc1. The van der Waals surface area contributed by atoms with E-state index in [2.05, 4.69) is 20.4 Å². The van der Waals surface area contributed by atoms with Crippen molar-refractivity contribution in [1.29, 1.82) is 0 Å². The predicted octanol–water partition coefficient (Wildman–Crippen LogP) is 3.83. The third-order valence-electron chi connectivity index (χ3n) is 5.48. The molecular weight excluding hydrogens is 364 g/mol. The molecule has 2 heterocycles. The number of rotatable bonds is 6. The Morgan fingerprint density at radius 3 is 2.45 bits per heavy atom. The first-order valence-corrected chi connectivity index (χ1v) is 10.1. The van der Waals surface area contributed by atoms with Crippen LogP contribution in [0.5, 0.6) is 0 Å². The standard InChI is InChI=1S/C23H26N4O2/c1-17(18-8-4-2-5-9-18)24-23(28)20-12-14-27(15-13-20)16-21-25-22(26-29-21)19-10-6-3-7-11-19/h2-11,17,20H,12-16H2,1H3,(H,24,28)/t17-/m0/s1. The highest BCUT2D eigenvalue weighted by Gasteiger charge is 2.27. The molecule has 1 saturated heterocycles. The molecule has 0 bridgehead atoms. The van der Waals surface area contributed by atoms with Crippen LogP contribution >= 0.6 is 0 Å². The quantitative estimate of drug-likeness (QED) is 0.693. The van der Waals surface area contributed by atoms with E-state index in [1.54, 1.807) is 0 Å². The van der Waals surface area contributed by atoms with Crippen LogP contribution < -0.4 is 5.32 Å². The molecule has 1 aromatic heterocycles. The minimum Gasteiger partial charge on any atom is -0.349 e. The number of carbonyl (C=O) groups is 1. The molecule has 0 spiro atoms. The summed E-state index contributed by atoms with van der Waals surface area (Å²) in [5.74, 6) is 1.43. The van der Waals surface area contributed by atoms with Gasteiger partial charge in [0, 0.05) is 11.5 Å². The number of piperidine rings is 1. The Kier molecular flexibility index (Phi) is 6.00. The Balaban J connectivity index is 1.26. The van der Waals surface area contributed by atoms with Gasteiger partial charge in [-0.05, 0) is 38.4 Å². The fraction of sp³-hybridized carbons (Fsp3) is 0.348. The van der Waals surface area contributed by atoms with Crippen LogP contribution in [-0.4, -0.2) is 34.0 Å². The Morgan fingerprint density at radius 2 is 1.76 bits per heavy atom. The highest BCUT2D eigenvalue weighted by molar-refractivity contribution is 5.79. The van der Waals surface area contributed by atoms with E-state index >= 15 is 0 Å². The summed E-state index contributed by atoms with van der Waals surface area (Å²) in [5.41, 5.74) is 2.08. The summed E-state index contributed by atoms with van der Waals surface area (Å²) in [5, 5.41) is 7.23. The zero-order chi connectivity index (χ0) is 20.1. The van der Waals surface area contributed by atoms with Gasteiger partial charge in [-0.15, -0.1) is 0 Å². The largest absolute Gasteiger partial charge is 0.349 e. The third kappa shape index (κ3) is 4.90. The lowest BCUT2D eigenvalue weighted by atomic mass is 9.95. The molecule has 1 amide bonds. The molecule has 0 saturated carbocycles. The van der Waals surface area contributed by atoms with Crippen molar-refractivity contribution >= 4 is 5.91 Å². The number of aromatic nitrogens is 2. The molecule has 0 unspecified atom stereocenters. The molecule has 1 atom stereocenters. The summed E-state index contributed by atoms with van der Waals surface area (Å²) in [6.07, 6.45) is 1.68. The Labute approximate surface area is 170 Å². The summed E-state index contributed by atoms with van der Waals surface area (Å²) < 4.78 is 5.42. The molecule has 1 fully saturated rings. The van der Waals surface area contributed by atoms with Gasteiger partial charge in [-0.1, -0.05) is 65.8 Å².